The van der Waals surface area contributed by atoms with Crippen LogP contribution in [0.1, 0.15) is 22.3 Å². The molecule has 1 unspecified atom stereocenters. The molecule has 0 fully saturated rings. The highest BCUT2D eigenvalue weighted by atomic mass is 35.5. The Morgan fingerprint density at radius 3 is 2.10 bits per heavy atom. The lowest BCUT2D eigenvalue weighted by atomic mass is 10.0. The SMILES string of the molecule is CNC(=O)C(Cc1ccccc1)N(Cc1ccc(C)cc1)C(=O)CN(c1cccc(C)c1)S(=O)(=O)c1ccc(Cl)cc1. The van der Waals surface area contributed by atoms with E-state index >= 15 is 0 Å². The maximum absolute atomic E-state index is 14.3. The fourth-order valence-electron chi connectivity index (χ4n) is 4.66. The Morgan fingerprint density at radius 1 is 0.810 bits per heavy atom. The van der Waals surface area contributed by atoms with Crippen molar-refractivity contribution in [1.82, 2.24) is 10.2 Å². The number of carbonyl (C=O) groups is 2. The van der Waals surface area contributed by atoms with Gasteiger partial charge in [-0.1, -0.05) is 83.9 Å². The van der Waals surface area contributed by atoms with Crippen molar-refractivity contribution >= 4 is 39.1 Å². The van der Waals surface area contributed by atoms with Crippen LogP contribution >= 0.6 is 11.6 Å². The molecular formula is C33H34ClN3O4S. The Labute approximate surface area is 252 Å². The van der Waals surface area contributed by atoms with Crippen LogP contribution in [0, 0.1) is 13.8 Å². The van der Waals surface area contributed by atoms with Crippen LogP contribution in [0.3, 0.4) is 0 Å². The highest BCUT2D eigenvalue weighted by Gasteiger charge is 2.34. The lowest BCUT2D eigenvalue weighted by Crippen LogP contribution is -2.53. The summed E-state index contributed by atoms with van der Waals surface area (Å²) < 4.78 is 29.1. The Hall–Kier alpha value is -4.14. The maximum Gasteiger partial charge on any atom is 0.264 e. The van der Waals surface area contributed by atoms with Crippen molar-refractivity contribution in [3.8, 4) is 0 Å². The molecule has 0 bridgehead atoms. The van der Waals surface area contributed by atoms with Crippen LogP contribution in [0.2, 0.25) is 5.02 Å². The lowest BCUT2D eigenvalue weighted by Gasteiger charge is -2.33. The standard InChI is InChI=1S/C33H34ClN3O4S/c1-24-12-14-27(15-13-24)22-36(31(33(39)35-3)21-26-9-5-4-6-10-26)32(38)23-37(29-11-7-8-25(2)20-29)42(40,41)30-18-16-28(34)17-19-30/h4-20,31H,21-23H2,1-3H3,(H,35,39). The first-order chi connectivity index (χ1) is 20.1. The zero-order valence-electron chi connectivity index (χ0n) is 23.8. The number of benzene rings is 4. The molecule has 1 N–H and O–H groups in total. The smallest absolute Gasteiger partial charge is 0.264 e. The normalized spacial score (nSPS) is 11.9. The molecule has 42 heavy (non-hydrogen) atoms. The van der Waals surface area contributed by atoms with Crippen LogP contribution < -0.4 is 9.62 Å². The number of sulfonamides is 1. The van der Waals surface area contributed by atoms with E-state index in [-0.39, 0.29) is 23.8 Å². The number of aryl methyl sites for hydroxylation is 2. The minimum atomic E-state index is -4.18. The number of hydrogen-bond acceptors (Lipinski definition) is 4. The molecule has 0 aliphatic carbocycles. The number of nitrogens with zero attached hydrogens (tertiary/aromatic N) is 2. The largest absolute Gasteiger partial charge is 0.357 e. The molecule has 4 aromatic rings. The second-order valence-corrected chi connectivity index (χ2v) is 12.4. The van der Waals surface area contributed by atoms with Gasteiger partial charge >= 0.3 is 0 Å². The van der Waals surface area contributed by atoms with E-state index < -0.39 is 28.5 Å². The quantitative estimate of drug-likeness (QED) is 0.244. The Balaban J connectivity index is 1.78. The van der Waals surface area contributed by atoms with Crippen molar-refractivity contribution < 1.29 is 18.0 Å². The number of anilines is 1. The molecule has 0 spiro atoms. The summed E-state index contributed by atoms with van der Waals surface area (Å²) in [7, 11) is -2.65. The molecule has 4 rings (SSSR count). The van der Waals surface area contributed by atoms with Gasteiger partial charge in [-0.05, 0) is 66.9 Å². The molecule has 0 aliphatic heterocycles. The van der Waals surface area contributed by atoms with Gasteiger partial charge in [0.05, 0.1) is 10.6 Å². The number of nitrogens with one attached hydrogen (secondary N) is 1. The lowest BCUT2D eigenvalue weighted by molar-refractivity contribution is -0.139. The summed E-state index contributed by atoms with van der Waals surface area (Å²) in [6, 6.07) is 29.0. The summed E-state index contributed by atoms with van der Waals surface area (Å²) in [5.74, 6) is -0.860. The predicted octanol–water partition coefficient (Wildman–Crippen LogP) is 5.54. The molecule has 4 aromatic carbocycles. The molecular weight excluding hydrogens is 570 g/mol. The fraction of sp³-hybridized carbons (Fsp3) is 0.212. The molecule has 0 saturated carbocycles. The van der Waals surface area contributed by atoms with Crippen molar-refractivity contribution in [3.05, 3.63) is 130 Å². The number of hydrogen-bond donors (Lipinski definition) is 1. The van der Waals surface area contributed by atoms with Crippen molar-refractivity contribution in [2.75, 3.05) is 17.9 Å². The third-order valence-corrected chi connectivity index (χ3v) is 9.00. The molecule has 9 heteroatoms. The molecule has 0 saturated heterocycles. The zero-order chi connectivity index (χ0) is 30.3. The van der Waals surface area contributed by atoms with E-state index in [1.165, 1.54) is 36.2 Å². The van der Waals surface area contributed by atoms with Crippen LogP contribution in [0.5, 0.6) is 0 Å². The van der Waals surface area contributed by atoms with Gasteiger partial charge in [-0.2, -0.15) is 0 Å². The number of amides is 2. The number of rotatable bonds is 11. The summed E-state index contributed by atoms with van der Waals surface area (Å²) in [5, 5.41) is 3.09. The van der Waals surface area contributed by atoms with Gasteiger partial charge in [-0.25, -0.2) is 8.42 Å². The van der Waals surface area contributed by atoms with E-state index in [1.807, 2.05) is 74.5 Å². The highest BCUT2D eigenvalue weighted by molar-refractivity contribution is 7.92. The van der Waals surface area contributed by atoms with Crippen molar-refractivity contribution in [1.29, 1.82) is 0 Å². The third kappa shape index (κ3) is 7.57. The van der Waals surface area contributed by atoms with Gasteiger partial charge in [0.25, 0.3) is 10.0 Å². The van der Waals surface area contributed by atoms with Crippen molar-refractivity contribution in [2.45, 2.75) is 37.8 Å². The van der Waals surface area contributed by atoms with E-state index in [0.717, 1.165) is 26.6 Å². The van der Waals surface area contributed by atoms with Gasteiger partial charge in [-0.3, -0.25) is 13.9 Å². The predicted molar refractivity (Wildman–Crippen MR) is 167 cm³/mol. The second kappa shape index (κ2) is 13.7. The van der Waals surface area contributed by atoms with Crippen LogP contribution in [0.25, 0.3) is 0 Å². The van der Waals surface area contributed by atoms with Crippen molar-refractivity contribution in [2.24, 2.45) is 0 Å². The van der Waals surface area contributed by atoms with Crippen molar-refractivity contribution in [3.63, 3.8) is 0 Å². The maximum atomic E-state index is 14.3. The van der Waals surface area contributed by atoms with E-state index in [2.05, 4.69) is 5.32 Å². The Morgan fingerprint density at radius 2 is 1.48 bits per heavy atom. The summed E-state index contributed by atoms with van der Waals surface area (Å²) in [6.45, 7) is 3.43. The van der Waals surface area contributed by atoms with E-state index in [0.29, 0.717) is 10.7 Å². The van der Waals surface area contributed by atoms with Crippen LogP contribution in [-0.2, 0) is 32.6 Å². The van der Waals surface area contributed by atoms with Gasteiger partial charge < -0.3 is 10.2 Å². The monoisotopic (exact) mass is 603 g/mol. The first-order valence-corrected chi connectivity index (χ1v) is 15.4. The number of likely N-dealkylation sites (N-methyl/N-ethyl adjacent to an activating group) is 1. The molecule has 7 nitrogen and oxygen atoms in total. The zero-order valence-corrected chi connectivity index (χ0v) is 25.4. The first kappa shape index (κ1) is 30.8. The number of carbonyl (C=O) groups excluding carboxylic acids is 2. The van der Waals surface area contributed by atoms with E-state index in [4.69, 9.17) is 11.6 Å². The molecule has 1 atom stereocenters. The molecule has 0 aliphatic rings. The van der Waals surface area contributed by atoms with Crippen LogP contribution in [0.4, 0.5) is 5.69 Å². The molecule has 0 radical (unpaired) electrons. The van der Waals surface area contributed by atoms with Gasteiger partial charge in [0.2, 0.25) is 11.8 Å². The summed E-state index contributed by atoms with van der Waals surface area (Å²) in [4.78, 5) is 29.1. The van der Waals surface area contributed by atoms with E-state index in [1.54, 1.807) is 18.2 Å². The van der Waals surface area contributed by atoms with Gasteiger partial charge in [-0.15, -0.1) is 0 Å². The minimum absolute atomic E-state index is 0.00146. The molecule has 2 amide bonds. The fourth-order valence-corrected chi connectivity index (χ4v) is 6.19. The molecule has 218 valence electrons. The molecule has 0 heterocycles. The second-order valence-electron chi connectivity index (χ2n) is 10.1. The average molecular weight is 604 g/mol. The highest BCUT2D eigenvalue weighted by Crippen LogP contribution is 2.26. The topological polar surface area (TPSA) is 86.8 Å². The number of halogens is 1. The van der Waals surface area contributed by atoms with Crippen LogP contribution in [0.15, 0.2) is 108 Å². The Bertz CT molecular complexity index is 1630. The summed E-state index contributed by atoms with van der Waals surface area (Å²) >= 11 is 6.03. The summed E-state index contributed by atoms with van der Waals surface area (Å²) in [6.07, 6.45) is 0.256. The van der Waals surface area contributed by atoms with Gasteiger partial charge in [0.15, 0.2) is 0 Å². The Kier molecular flexibility index (Phi) is 10.0. The molecule has 0 aromatic heterocycles. The summed E-state index contributed by atoms with van der Waals surface area (Å²) in [5.41, 5.74) is 3.92. The first-order valence-electron chi connectivity index (χ1n) is 13.5. The van der Waals surface area contributed by atoms with Crippen LogP contribution in [-0.4, -0.2) is 44.8 Å². The third-order valence-electron chi connectivity index (χ3n) is 6.96. The minimum Gasteiger partial charge on any atom is -0.357 e. The van der Waals surface area contributed by atoms with E-state index in [9.17, 15) is 18.0 Å². The van der Waals surface area contributed by atoms with Gasteiger partial charge in [0.1, 0.15) is 12.6 Å². The average Bonchev–Trinajstić information content (AvgIpc) is 2.98. The van der Waals surface area contributed by atoms with Gasteiger partial charge in [0, 0.05) is 25.0 Å².